The molecule has 3 aromatic rings. The SMILES string of the molecule is COC(=O)c1ccc(C(=O)NCCN2CCN(c3nc4ccccc4s3)CC2)cc1. The molecule has 1 N–H and O–H groups in total. The second-order valence-electron chi connectivity index (χ2n) is 7.12. The summed E-state index contributed by atoms with van der Waals surface area (Å²) in [4.78, 5) is 33.2. The van der Waals surface area contributed by atoms with Crippen LogP contribution in [0.2, 0.25) is 0 Å². The fraction of sp³-hybridized carbons (Fsp3) is 0.318. The van der Waals surface area contributed by atoms with E-state index in [9.17, 15) is 9.59 Å². The molecular formula is C22H24N4O3S. The maximum atomic E-state index is 12.3. The second kappa shape index (κ2) is 9.23. The van der Waals surface area contributed by atoms with Gasteiger partial charge in [0.05, 0.1) is 22.9 Å². The van der Waals surface area contributed by atoms with Gasteiger partial charge in [0.2, 0.25) is 0 Å². The van der Waals surface area contributed by atoms with Crippen molar-refractivity contribution in [3.63, 3.8) is 0 Å². The van der Waals surface area contributed by atoms with Gasteiger partial charge in [0.15, 0.2) is 5.13 Å². The summed E-state index contributed by atoms with van der Waals surface area (Å²) in [5, 5.41) is 4.03. The zero-order chi connectivity index (χ0) is 20.9. The number of para-hydroxylation sites is 1. The number of fused-ring (bicyclic) bond motifs is 1. The van der Waals surface area contributed by atoms with Crippen LogP contribution in [0.4, 0.5) is 5.13 Å². The quantitative estimate of drug-likeness (QED) is 0.613. The standard InChI is InChI=1S/C22H24N4O3S/c1-29-21(28)17-8-6-16(7-9-17)20(27)23-10-11-25-12-14-26(15-13-25)22-24-18-4-2-3-5-19(18)30-22/h2-9H,10-15H2,1H3,(H,23,27). The van der Waals surface area contributed by atoms with Gasteiger partial charge in [-0.15, -0.1) is 0 Å². The van der Waals surface area contributed by atoms with Crippen molar-refractivity contribution in [3.8, 4) is 0 Å². The Morgan fingerprint density at radius 3 is 2.43 bits per heavy atom. The summed E-state index contributed by atoms with van der Waals surface area (Å²) in [6.45, 7) is 5.14. The average molecular weight is 425 g/mol. The molecule has 30 heavy (non-hydrogen) atoms. The van der Waals surface area contributed by atoms with Crippen LogP contribution in [0.1, 0.15) is 20.7 Å². The van der Waals surface area contributed by atoms with Crippen molar-refractivity contribution in [2.24, 2.45) is 0 Å². The third-order valence-corrected chi connectivity index (χ3v) is 6.30. The maximum absolute atomic E-state index is 12.3. The summed E-state index contributed by atoms with van der Waals surface area (Å²) in [7, 11) is 1.34. The Morgan fingerprint density at radius 2 is 1.73 bits per heavy atom. The number of carbonyl (C=O) groups excluding carboxylic acids is 2. The van der Waals surface area contributed by atoms with Gasteiger partial charge >= 0.3 is 5.97 Å². The molecule has 1 fully saturated rings. The van der Waals surface area contributed by atoms with Gasteiger partial charge in [-0.2, -0.15) is 0 Å². The minimum atomic E-state index is -0.410. The van der Waals surface area contributed by atoms with Crippen LogP contribution in [0.25, 0.3) is 10.2 Å². The number of amides is 1. The van der Waals surface area contributed by atoms with Crippen molar-refractivity contribution in [1.29, 1.82) is 0 Å². The van der Waals surface area contributed by atoms with Crippen LogP contribution in [0, 0.1) is 0 Å². The van der Waals surface area contributed by atoms with Gasteiger partial charge < -0.3 is 15.0 Å². The van der Waals surface area contributed by atoms with Crippen molar-refractivity contribution >= 4 is 38.6 Å². The highest BCUT2D eigenvalue weighted by atomic mass is 32.1. The molecule has 4 rings (SSSR count). The third kappa shape index (κ3) is 4.60. The van der Waals surface area contributed by atoms with Crippen LogP contribution >= 0.6 is 11.3 Å². The zero-order valence-corrected chi connectivity index (χ0v) is 17.7. The lowest BCUT2D eigenvalue weighted by atomic mass is 10.1. The minimum Gasteiger partial charge on any atom is -0.465 e. The lowest BCUT2D eigenvalue weighted by molar-refractivity contribution is 0.0600. The van der Waals surface area contributed by atoms with E-state index in [0.29, 0.717) is 17.7 Å². The fourth-order valence-corrected chi connectivity index (χ4v) is 4.48. The van der Waals surface area contributed by atoms with E-state index in [1.54, 1.807) is 35.6 Å². The molecule has 0 aliphatic carbocycles. The number of carbonyl (C=O) groups is 2. The van der Waals surface area contributed by atoms with Crippen molar-refractivity contribution in [2.45, 2.75) is 0 Å². The molecule has 1 amide bonds. The smallest absolute Gasteiger partial charge is 0.337 e. The van der Waals surface area contributed by atoms with Crippen LogP contribution in [0.15, 0.2) is 48.5 Å². The van der Waals surface area contributed by atoms with E-state index in [1.807, 2.05) is 12.1 Å². The number of ether oxygens (including phenoxy) is 1. The van der Waals surface area contributed by atoms with Crippen molar-refractivity contribution in [1.82, 2.24) is 15.2 Å². The van der Waals surface area contributed by atoms with Crippen molar-refractivity contribution < 1.29 is 14.3 Å². The number of benzene rings is 2. The molecule has 1 saturated heterocycles. The Labute approximate surface area is 179 Å². The van der Waals surface area contributed by atoms with Gasteiger partial charge in [0, 0.05) is 44.8 Å². The van der Waals surface area contributed by atoms with E-state index in [-0.39, 0.29) is 5.91 Å². The van der Waals surface area contributed by atoms with Gasteiger partial charge in [0.1, 0.15) is 0 Å². The van der Waals surface area contributed by atoms with Crippen LogP contribution in [0.5, 0.6) is 0 Å². The molecule has 2 aromatic carbocycles. The fourth-order valence-electron chi connectivity index (χ4n) is 3.46. The van der Waals surface area contributed by atoms with Gasteiger partial charge in [-0.25, -0.2) is 9.78 Å². The topological polar surface area (TPSA) is 74.8 Å². The average Bonchev–Trinajstić information content (AvgIpc) is 3.23. The van der Waals surface area contributed by atoms with E-state index in [4.69, 9.17) is 4.98 Å². The molecule has 1 aliphatic heterocycles. The largest absolute Gasteiger partial charge is 0.465 e. The van der Waals surface area contributed by atoms with E-state index < -0.39 is 5.97 Å². The highest BCUT2D eigenvalue weighted by Gasteiger charge is 2.19. The summed E-state index contributed by atoms with van der Waals surface area (Å²) >= 11 is 1.74. The number of aromatic nitrogens is 1. The first-order valence-electron chi connectivity index (χ1n) is 9.93. The molecule has 7 nitrogen and oxygen atoms in total. The Hall–Kier alpha value is -2.97. The van der Waals surface area contributed by atoms with Crippen LogP contribution in [-0.4, -0.2) is 68.1 Å². The number of hydrogen-bond acceptors (Lipinski definition) is 7. The molecule has 1 aliphatic rings. The first-order chi connectivity index (χ1) is 14.6. The number of thiazole rings is 1. The number of nitrogens with zero attached hydrogens (tertiary/aromatic N) is 3. The molecule has 0 atom stereocenters. The summed E-state index contributed by atoms with van der Waals surface area (Å²) in [5.74, 6) is -0.550. The van der Waals surface area contributed by atoms with Crippen molar-refractivity contribution in [2.75, 3.05) is 51.3 Å². The molecule has 0 saturated carbocycles. The van der Waals surface area contributed by atoms with Gasteiger partial charge in [0.25, 0.3) is 5.91 Å². The molecule has 0 unspecified atom stereocenters. The number of hydrogen-bond donors (Lipinski definition) is 1. The van der Waals surface area contributed by atoms with Gasteiger partial charge in [-0.3, -0.25) is 9.69 Å². The predicted molar refractivity (Wildman–Crippen MR) is 118 cm³/mol. The van der Waals surface area contributed by atoms with Gasteiger partial charge in [-0.1, -0.05) is 23.5 Å². The van der Waals surface area contributed by atoms with E-state index in [1.165, 1.54) is 11.8 Å². The minimum absolute atomic E-state index is 0.139. The second-order valence-corrected chi connectivity index (χ2v) is 8.13. The Kier molecular flexibility index (Phi) is 6.25. The zero-order valence-electron chi connectivity index (χ0n) is 16.8. The number of methoxy groups -OCH3 is 1. The summed E-state index contributed by atoms with van der Waals surface area (Å²) in [6, 6.07) is 14.7. The summed E-state index contributed by atoms with van der Waals surface area (Å²) < 4.78 is 5.89. The molecule has 1 aromatic heterocycles. The number of anilines is 1. The third-order valence-electron chi connectivity index (χ3n) is 5.21. The lowest BCUT2D eigenvalue weighted by Crippen LogP contribution is -2.48. The monoisotopic (exact) mass is 424 g/mol. The summed E-state index contributed by atoms with van der Waals surface area (Å²) in [5.41, 5.74) is 2.02. The molecule has 0 radical (unpaired) electrons. The van der Waals surface area contributed by atoms with Gasteiger partial charge in [-0.05, 0) is 36.4 Å². The van der Waals surface area contributed by atoms with E-state index >= 15 is 0 Å². The Balaban J connectivity index is 1.22. The summed E-state index contributed by atoms with van der Waals surface area (Å²) in [6.07, 6.45) is 0. The molecule has 156 valence electrons. The number of nitrogens with one attached hydrogen (secondary N) is 1. The molecular weight excluding hydrogens is 400 g/mol. The normalized spacial score (nSPS) is 14.6. The van der Waals surface area contributed by atoms with Crippen LogP contribution < -0.4 is 10.2 Å². The molecule has 0 bridgehead atoms. The predicted octanol–water partition coefficient (Wildman–Crippen LogP) is 2.63. The molecule has 0 spiro atoms. The number of rotatable bonds is 6. The lowest BCUT2D eigenvalue weighted by Gasteiger charge is -2.34. The van der Waals surface area contributed by atoms with Crippen LogP contribution in [-0.2, 0) is 4.74 Å². The Morgan fingerprint density at radius 1 is 1.03 bits per heavy atom. The first kappa shape index (κ1) is 20.3. The van der Waals surface area contributed by atoms with Crippen molar-refractivity contribution in [3.05, 3.63) is 59.7 Å². The Bertz CT molecular complexity index is 993. The van der Waals surface area contributed by atoms with E-state index in [0.717, 1.165) is 43.4 Å². The maximum Gasteiger partial charge on any atom is 0.337 e. The highest BCUT2D eigenvalue weighted by molar-refractivity contribution is 7.22. The number of piperazine rings is 1. The first-order valence-corrected chi connectivity index (χ1v) is 10.7. The number of esters is 1. The molecule has 2 heterocycles. The highest BCUT2D eigenvalue weighted by Crippen LogP contribution is 2.29. The van der Waals surface area contributed by atoms with E-state index in [2.05, 4.69) is 32.0 Å². The molecule has 8 heteroatoms. The van der Waals surface area contributed by atoms with Crippen LogP contribution in [0.3, 0.4) is 0 Å².